The summed E-state index contributed by atoms with van der Waals surface area (Å²) in [7, 11) is 0. The van der Waals surface area contributed by atoms with Crippen molar-refractivity contribution in [1.29, 1.82) is 0 Å². The van der Waals surface area contributed by atoms with Crippen molar-refractivity contribution in [2.75, 3.05) is 13.2 Å². The average Bonchev–Trinajstić information content (AvgIpc) is 2.84. The molecule has 0 bridgehead atoms. The van der Waals surface area contributed by atoms with E-state index in [-0.39, 0.29) is 5.91 Å². The fourth-order valence-corrected chi connectivity index (χ4v) is 4.18. The number of rotatable bonds is 7. The Morgan fingerprint density at radius 2 is 1.66 bits per heavy atom. The first-order valence-electron chi connectivity index (χ1n) is 10.4. The summed E-state index contributed by atoms with van der Waals surface area (Å²) >= 11 is 7.65. The van der Waals surface area contributed by atoms with Gasteiger partial charge in [0.25, 0.3) is 5.91 Å². The number of hydrogen-bond donors (Lipinski definition) is 1. The maximum absolute atomic E-state index is 12.6. The Morgan fingerprint density at radius 1 is 0.969 bits per heavy atom. The van der Waals surface area contributed by atoms with Crippen molar-refractivity contribution in [2.45, 2.75) is 24.0 Å². The van der Waals surface area contributed by atoms with E-state index in [0.29, 0.717) is 30.9 Å². The summed E-state index contributed by atoms with van der Waals surface area (Å²) in [4.78, 5) is 13.7. The molecule has 1 heterocycles. The minimum Gasteiger partial charge on any atom is -0.486 e. The van der Waals surface area contributed by atoms with E-state index in [2.05, 4.69) is 10.5 Å². The van der Waals surface area contributed by atoms with Gasteiger partial charge in [-0.25, -0.2) is 5.43 Å². The lowest BCUT2D eigenvalue weighted by atomic mass is 10.1. The lowest BCUT2D eigenvalue weighted by Gasteiger charge is -2.19. The molecule has 0 fully saturated rings. The number of fused-ring (bicyclic) bond motifs is 1. The highest BCUT2D eigenvalue weighted by atomic mass is 35.5. The van der Waals surface area contributed by atoms with Gasteiger partial charge in [0.05, 0.1) is 5.71 Å². The first-order chi connectivity index (χ1) is 15.6. The Bertz CT molecular complexity index is 1120. The molecule has 1 N–H and O–H groups in total. The second-order valence-corrected chi connectivity index (χ2v) is 8.64. The molecule has 0 aromatic heterocycles. The average molecular weight is 467 g/mol. The molecule has 0 saturated carbocycles. The molecule has 5 nitrogen and oxygen atoms in total. The van der Waals surface area contributed by atoms with Gasteiger partial charge in [0, 0.05) is 26.8 Å². The second kappa shape index (κ2) is 10.6. The normalized spacial score (nSPS) is 13.0. The number of hydrazone groups is 1. The molecular formula is C25H23ClN2O3S. The van der Waals surface area contributed by atoms with Gasteiger partial charge in [-0.1, -0.05) is 30.7 Å². The SMILES string of the molecule is CC/C(=N\NC(=O)c1ccc(CSc2ccc(Cl)cc2)cc1)c1ccc2c(c1)OCCO2. The van der Waals surface area contributed by atoms with E-state index in [1.807, 2.05) is 73.7 Å². The molecule has 1 amide bonds. The molecular weight excluding hydrogens is 444 g/mol. The first-order valence-corrected chi connectivity index (χ1v) is 11.7. The van der Waals surface area contributed by atoms with Crippen LogP contribution in [0.2, 0.25) is 5.02 Å². The van der Waals surface area contributed by atoms with Crippen LogP contribution < -0.4 is 14.9 Å². The van der Waals surface area contributed by atoms with Gasteiger partial charge in [-0.3, -0.25) is 4.79 Å². The highest BCUT2D eigenvalue weighted by molar-refractivity contribution is 7.98. The molecule has 0 spiro atoms. The maximum Gasteiger partial charge on any atom is 0.271 e. The van der Waals surface area contributed by atoms with Crippen LogP contribution in [0.5, 0.6) is 11.5 Å². The number of carbonyl (C=O) groups excluding carboxylic acids is 1. The van der Waals surface area contributed by atoms with Crippen molar-refractivity contribution in [2.24, 2.45) is 5.10 Å². The van der Waals surface area contributed by atoms with Gasteiger partial charge >= 0.3 is 0 Å². The van der Waals surface area contributed by atoms with Crippen LogP contribution in [-0.4, -0.2) is 24.8 Å². The topological polar surface area (TPSA) is 59.9 Å². The summed E-state index contributed by atoms with van der Waals surface area (Å²) in [5, 5.41) is 5.08. The zero-order chi connectivity index (χ0) is 22.3. The first kappa shape index (κ1) is 22.2. The summed E-state index contributed by atoms with van der Waals surface area (Å²) < 4.78 is 11.2. The lowest BCUT2D eigenvalue weighted by Crippen LogP contribution is -2.20. The third-order valence-corrected chi connectivity index (χ3v) is 6.27. The smallest absolute Gasteiger partial charge is 0.271 e. The number of nitrogens with one attached hydrogen (secondary N) is 1. The number of halogens is 1. The molecule has 3 aromatic rings. The highest BCUT2D eigenvalue weighted by Crippen LogP contribution is 2.31. The van der Waals surface area contributed by atoms with Gasteiger partial charge in [-0.2, -0.15) is 5.10 Å². The summed E-state index contributed by atoms with van der Waals surface area (Å²) in [6.07, 6.45) is 0.667. The van der Waals surface area contributed by atoms with Crippen LogP contribution >= 0.6 is 23.4 Å². The molecule has 7 heteroatoms. The Hall–Kier alpha value is -2.96. The molecule has 164 valence electrons. The second-order valence-electron chi connectivity index (χ2n) is 7.15. The molecule has 0 aliphatic carbocycles. The minimum atomic E-state index is -0.245. The van der Waals surface area contributed by atoms with Crippen LogP contribution in [0, 0.1) is 0 Å². The Labute approximate surface area is 196 Å². The number of carbonyl (C=O) groups is 1. The van der Waals surface area contributed by atoms with Crippen LogP contribution in [0.25, 0.3) is 0 Å². The standard InChI is InChI=1S/C25H23ClN2O3S/c1-2-22(19-7-12-23-24(15-19)31-14-13-30-23)27-28-25(29)18-5-3-17(4-6-18)16-32-21-10-8-20(26)9-11-21/h3-12,15H,2,13-14,16H2,1H3,(H,28,29)/b27-22+. The third-order valence-electron chi connectivity index (χ3n) is 4.94. The summed E-state index contributed by atoms with van der Waals surface area (Å²) in [6, 6.07) is 21.0. The largest absolute Gasteiger partial charge is 0.486 e. The van der Waals surface area contributed by atoms with E-state index in [1.165, 1.54) is 0 Å². The van der Waals surface area contributed by atoms with Crippen LogP contribution in [-0.2, 0) is 5.75 Å². The van der Waals surface area contributed by atoms with Gasteiger partial charge in [-0.05, 0) is 66.6 Å². The van der Waals surface area contributed by atoms with Gasteiger partial charge in [0.1, 0.15) is 13.2 Å². The van der Waals surface area contributed by atoms with Crippen LogP contribution in [0.15, 0.2) is 76.7 Å². The van der Waals surface area contributed by atoms with Crippen molar-refractivity contribution >= 4 is 35.0 Å². The Morgan fingerprint density at radius 3 is 2.38 bits per heavy atom. The molecule has 1 aliphatic rings. The van der Waals surface area contributed by atoms with Crippen LogP contribution in [0.3, 0.4) is 0 Å². The molecule has 0 unspecified atom stereocenters. The number of ether oxygens (including phenoxy) is 2. The fraction of sp³-hybridized carbons (Fsp3) is 0.200. The predicted molar refractivity (Wildman–Crippen MR) is 129 cm³/mol. The third kappa shape index (κ3) is 5.64. The molecule has 0 radical (unpaired) electrons. The molecule has 4 rings (SSSR count). The van der Waals surface area contributed by atoms with Crippen LogP contribution in [0.4, 0.5) is 0 Å². The van der Waals surface area contributed by atoms with Crippen LogP contribution in [0.1, 0.15) is 34.8 Å². The number of thioether (sulfide) groups is 1. The van der Waals surface area contributed by atoms with E-state index < -0.39 is 0 Å². The van der Waals surface area contributed by atoms with Crippen molar-refractivity contribution in [1.82, 2.24) is 5.43 Å². The zero-order valence-electron chi connectivity index (χ0n) is 17.6. The number of amides is 1. The fourth-order valence-electron chi connectivity index (χ4n) is 3.20. The zero-order valence-corrected chi connectivity index (χ0v) is 19.2. The number of nitrogens with zero attached hydrogens (tertiary/aromatic N) is 1. The molecule has 0 atom stereocenters. The van der Waals surface area contributed by atoms with Gasteiger partial charge in [0.15, 0.2) is 11.5 Å². The highest BCUT2D eigenvalue weighted by Gasteiger charge is 2.14. The number of hydrogen-bond acceptors (Lipinski definition) is 5. The quantitative estimate of drug-likeness (QED) is 0.265. The van der Waals surface area contributed by atoms with Crippen molar-refractivity contribution < 1.29 is 14.3 Å². The van der Waals surface area contributed by atoms with Crippen molar-refractivity contribution in [3.63, 3.8) is 0 Å². The molecule has 3 aromatic carbocycles. The van der Waals surface area contributed by atoms with E-state index in [1.54, 1.807) is 11.8 Å². The van der Waals surface area contributed by atoms with E-state index in [4.69, 9.17) is 21.1 Å². The van der Waals surface area contributed by atoms with Gasteiger partial charge < -0.3 is 9.47 Å². The van der Waals surface area contributed by atoms with Gasteiger partial charge in [0.2, 0.25) is 0 Å². The van der Waals surface area contributed by atoms with E-state index in [9.17, 15) is 4.79 Å². The molecule has 1 aliphatic heterocycles. The Balaban J connectivity index is 1.37. The monoisotopic (exact) mass is 466 g/mol. The van der Waals surface area contributed by atoms with E-state index in [0.717, 1.165) is 38.3 Å². The Kier molecular flexibility index (Phi) is 7.35. The lowest BCUT2D eigenvalue weighted by molar-refractivity contribution is 0.0955. The number of benzene rings is 3. The minimum absolute atomic E-state index is 0.245. The van der Waals surface area contributed by atoms with Crippen molar-refractivity contribution in [3.8, 4) is 11.5 Å². The molecule has 32 heavy (non-hydrogen) atoms. The summed E-state index contributed by atoms with van der Waals surface area (Å²) in [6.45, 7) is 3.07. The molecule has 0 saturated heterocycles. The maximum atomic E-state index is 12.6. The van der Waals surface area contributed by atoms with E-state index >= 15 is 0 Å². The summed E-state index contributed by atoms with van der Waals surface area (Å²) in [5.74, 6) is 2.00. The summed E-state index contributed by atoms with van der Waals surface area (Å²) in [5.41, 5.74) is 6.03. The van der Waals surface area contributed by atoms with Gasteiger partial charge in [-0.15, -0.1) is 11.8 Å². The predicted octanol–water partition coefficient (Wildman–Crippen LogP) is 5.95. The van der Waals surface area contributed by atoms with Crippen molar-refractivity contribution in [3.05, 3.63) is 88.4 Å².